The van der Waals surface area contributed by atoms with E-state index in [9.17, 15) is 38.4 Å². The lowest BCUT2D eigenvalue weighted by Crippen LogP contribution is -2.61. The highest BCUT2D eigenvalue weighted by Gasteiger charge is 2.48. The van der Waals surface area contributed by atoms with Crippen molar-refractivity contribution in [2.45, 2.75) is 35.6 Å². The molecule has 0 bridgehead atoms. The van der Waals surface area contributed by atoms with E-state index in [1.807, 2.05) is 0 Å². The van der Waals surface area contributed by atoms with Crippen LogP contribution in [0.25, 0.3) is 11.3 Å². The highest BCUT2D eigenvalue weighted by molar-refractivity contribution is 7.90. The topological polar surface area (TPSA) is 193 Å². The number of aliphatic carboxylic acids is 1. The molecule has 1 amide bonds. The molecular weight excluding hydrogens is 591 g/mol. The number of aliphatic hydroxyl groups is 3. The van der Waals surface area contributed by atoms with Crippen LogP contribution in [0.2, 0.25) is 10.0 Å². The number of sulfone groups is 1. The van der Waals surface area contributed by atoms with E-state index in [0.29, 0.717) is 5.69 Å². The van der Waals surface area contributed by atoms with Gasteiger partial charge in [0.1, 0.15) is 24.1 Å². The lowest BCUT2D eigenvalue weighted by atomic mass is 9.99. The van der Waals surface area contributed by atoms with Crippen molar-refractivity contribution >= 4 is 50.6 Å². The number of carboxylic acids is 1. The van der Waals surface area contributed by atoms with Crippen LogP contribution in [0.3, 0.4) is 0 Å². The molecule has 0 unspecified atom stereocenters. The maximum absolute atomic E-state index is 13.1. The zero-order chi connectivity index (χ0) is 29.4. The molecule has 0 radical (unpaired) electrons. The molecule has 1 saturated heterocycles. The van der Waals surface area contributed by atoms with Gasteiger partial charge in [0.15, 0.2) is 15.9 Å². The highest BCUT2D eigenvalue weighted by atomic mass is 35.5. The Morgan fingerprint density at radius 1 is 1.02 bits per heavy atom. The number of nitrogens with one attached hydrogen (secondary N) is 1. The van der Waals surface area contributed by atoms with E-state index in [1.165, 1.54) is 30.5 Å². The molecule has 4 rings (SSSR count). The van der Waals surface area contributed by atoms with Crippen molar-refractivity contribution in [3.8, 4) is 17.0 Å². The highest BCUT2D eigenvalue weighted by Crippen LogP contribution is 2.39. The number of carboxylic acid groups (broad SMARTS) is 1. The first-order valence-electron chi connectivity index (χ1n) is 11.4. The molecule has 0 aliphatic carbocycles. The second kappa shape index (κ2) is 11.7. The minimum Gasteiger partial charge on any atom is -0.479 e. The number of anilines is 1. The second-order valence-electron chi connectivity index (χ2n) is 8.77. The van der Waals surface area contributed by atoms with Gasteiger partial charge in [0.05, 0.1) is 26.2 Å². The SMILES string of the molecule is CS(=O)(=O)c1ccc(C(=O)Nc2cc(O[C@@H]3O[C@H](C(=O)O)[C@@H](O)[C@H](O)[C@H]3O)c(Cl)c(-c3ccccn3)c2)c(Cl)c1. The Balaban J connectivity index is 1.71. The third-order valence-electron chi connectivity index (χ3n) is 5.91. The molecule has 5 atom stereocenters. The molecule has 1 fully saturated rings. The van der Waals surface area contributed by atoms with Crippen LogP contribution in [-0.2, 0) is 19.4 Å². The van der Waals surface area contributed by atoms with Gasteiger partial charge in [-0.15, -0.1) is 0 Å². The van der Waals surface area contributed by atoms with Crippen LogP contribution in [0.15, 0.2) is 59.6 Å². The van der Waals surface area contributed by atoms with Gasteiger partial charge in [-0.1, -0.05) is 29.3 Å². The number of carbonyl (C=O) groups excluding carboxylic acids is 1. The summed E-state index contributed by atoms with van der Waals surface area (Å²) in [5, 5.41) is 42.2. The second-order valence-corrected chi connectivity index (χ2v) is 11.6. The molecular formula is C25H22Cl2N2O10S. The number of amides is 1. The van der Waals surface area contributed by atoms with E-state index in [2.05, 4.69) is 10.3 Å². The van der Waals surface area contributed by atoms with Crippen molar-refractivity contribution in [1.29, 1.82) is 0 Å². The van der Waals surface area contributed by atoms with Gasteiger partial charge in [-0.25, -0.2) is 13.2 Å². The van der Waals surface area contributed by atoms with E-state index in [0.717, 1.165) is 12.3 Å². The van der Waals surface area contributed by atoms with Gasteiger partial charge >= 0.3 is 5.97 Å². The number of aliphatic hydroxyl groups excluding tert-OH is 3. The number of hydrogen-bond donors (Lipinski definition) is 5. The first-order valence-corrected chi connectivity index (χ1v) is 14.1. The van der Waals surface area contributed by atoms with Crippen LogP contribution in [0.5, 0.6) is 5.75 Å². The van der Waals surface area contributed by atoms with E-state index in [1.54, 1.807) is 18.2 Å². The van der Waals surface area contributed by atoms with Gasteiger partial charge < -0.3 is 35.2 Å². The molecule has 212 valence electrons. The number of carbonyl (C=O) groups is 2. The fourth-order valence-electron chi connectivity index (χ4n) is 3.85. The molecule has 3 aromatic rings. The summed E-state index contributed by atoms with van der Waals surface area (Å²) in [6.45, 7) is 0. The third-order valence-corrected chi connectivity index (χ3v) is 7.72. The van der Waals surface area contributed by atoms with Gasteiger partial charge in [0.25, 0.3) is 5.91 Å². The summed E-state index contributed by atoms with van der Waals surface area (Å²) in [5.41, 5.74) is 0.662. The van der Waals surface area contributed by atoms with Crippen LogP contribution in [0.4, 0.5) is 5.69 Å². The number of benzene rings is 2. The number of halogens is 2. The van der Waals surface area contributed by atoms with Crippen LogP contribution in [-0.4, -0.2) is 82.7 Å². The van der Waals surface area contributed by atoms with Crippen molar-refractivity contribution in [3.63, 3.8) is 0 Å². The minimum atomic E-state index is -3.57. The number of rotatable bonds is 7. The number of nitrogens with zero attached hydrogens (tertiary/aromatic N) is 1. The molecule has 1 aliphatic rings. The summed E-state index contributed by atoms with van der Waals surface area (Å²) < 4.78 is 34.4. The van der Waals surface area contributed by atoms with Crippen molar-refractivity contribution in [3.05, 3.63) is 70.3 Å². The van der Waals surface area contributed by atoms with Gasteiger partial charge in [0.2, 0.25) is 6.29 Å². The van der Waals surface area contributed by atoms with E-state index >= 15 is 0 Å². The first kappa shape index (κ1) is 29.7. The zero-order valence-corrected chi connectivity index (χ0v) is 22.8. The Bertz CT molecular complexity index is 1550. The van der Waals surface area contributed by atoms with Gasteiger partial charge in [-0.3, -0.25) is 9.78 Å². The lowest BCUT2D eigenvalue weighted by Gasteiger charge is -2.38. The predicted molar refractivity (Wildman–Crippen MR) is 142 cm³/mol. The fraction of sp³-hybridized carbons (Fsp3) is 0.240. The largest absolute Gasteiger partial charge is 0.479 e. The summed E-state index contributed by atoms with van der Waals surface area (Å²) in [5.74, 6) is -2.52. The Labute approximate surface area is 237 Å². The predicted octanol–water partition coefficient (Wildman–Crippen LogP) is 1.98. The molecule has 5 N–H and O–H groups in total. The van der Waals surface area contributed by atoms with Crippen LogP contribution in [0.1, 0.15) is 10.4 Å². The number of pyridine rings is 1. The zero-order valence-electron chi connectivity index (χ0n) is 20.4. The summed E-state index contributed by atoms with van der Waals surface area (Å²) >= 11 is 12.7. The Hall–Kier alpha value is -3.30. The molecule has 2 heterocycles. The molecule has 0 saturated carbocycles. The maximum atomic E-state index is 13.1. The van der Waals surface area contributed by atoms with E-state index in [-0.39, 0.29) is 37.5 Å². The standard InChI is InChI=1S/C25H22Cl2N2O10S/c1-40(36,37)12-5-6-13(15(26)10-12)23(33)29-11-8-14(16-4-2-3-7-28-16)18(27)17(9-11)38-25-21(32)19(30)20(31)22(39-25)24(34)35/h2-10,19-22,25,30-32H,1H3,(H,29,33)(H,34,35)/t19-,20-,21+,22-,25+/m0/s1. The molecule has 15 heteroatoms. The van der Waals surface area contributed by atoms with Crippen molar-refractivity contribution < 1.29 is 47.9 Å². The minimum absolute atomic E-state index is 0.0432. The summed E-state index contributed by atoms with van der Waals surface area (Å²) in [4.78, 5) is 28.7. The molecule has 40 heavy (non-hydrogen) atoms. The Morgan fingerprint density at radius 3 is 2.35 bits per heavy atom. The molecule has 1 aliphatic heterocycles. The van der Waals surface area contributed by atoms with E-state index < -0.39 is 52.4 Å². The van der Waals surface area contributed by atoms with Gasteiger partial charge in [0, 0.05) is 29.8 Å². The molecule has 12 nitrogen and oxygen atoms in total. The Kier molecular flexibility index (Phi) is 8.66. The molecule has 2 aromatic carbocycles. The lowest BCUT2D eigenvalue weighted by molar-refractivity contribution is -0.271. The van der Waals surface area contributed by atoms with Gasteiger partial charge in [-0.2, -0.15) is 0 Å². The monoisotopic (exact) mass is 612 g/mol. The Morgan fingerprint density at radius 2 is 1.75 bits per heavy atom. The number of aromatic nitrogens is 1. The average molecular weight is 613 g/mol. The quantitative estimate of drug-likeness (QED) is 0.262. The van der Waals surface area contributed by atoms with Crippen LogP contribution < -0.4 is 10.1 Å². The fourth-order valence-corrected chi connectivity index (χ4v) is 5.08. The van der Waals surface area contributed by atoms with Crippen LogP contribution >= 0.6 is 23.2 Å². The average Bonchev–Trinajstić information content (AvgIpc) is 2.90. The number of hydrogen-bond acceptors (Lipinski definition) is 10. The first-order chi connectivity index (χ1) is 18.8. The summed E-state index contributed by atoms with van der Waals surface area (Å²) in [7, 11) is -3.57. The van der Waals surface area contributed by atoms with Crippen molar-refractivity contribution in [2.24, 2.45) is 0 Å². The summed E-state index contributed by atoms with van der Waals surface area (Å²) in [6, 6.07) is 11.3. The molecule has 1 aromatic heterocycles. The van der Waals surface area contributed by atoms with Crippen molar-refractivity contribution in [2.75, 3.05) is 11.6 Å². The third kappa shape index (κ3) is 6.20. The van der Waals surface area contributed by atoms with Crippen LogP contribution in [0, 0.1) is 0 Å². The smallest absolute Gasteiger partial charge is 0.335 e. The normalized spacial score (nSPS) is 22.9. The molecule has 0 spiro atoms. The number of ether oxygens (including phenoxy) is 2. The summed E-state index contributed by atoms with van der Waals surface area (Å²) in [6.07, 6.45) is -6.94. The maximum Gasteiger partial charge on any atom is 0.335 e. The van der Waals surface area contributed by atoms with Crippen molar-refractivity contribution in [1.82, 2.24) is 4.98 Å². The van der Waals surface area contributed by atoms with Gasteiger partial charge in [-0.05, 0) is 36.4 Å². The van der Waals surface area contributed by atoms with E-state index in [4.69, 9.17) is 32.7 Å².